The summed E-state index contributed by atoms with van der Waals surface area (Å²) >= 11 is 0. The fourth-order valence-corrected chi connectivity index (χ4v) is 3.89. The maximum absolute atomic E-state index is 12.5. The van der Waals surface area contributed by atoms with Crippen molar-refractivity contribution in [1.82, 2.24) is 8.61 Å². The molecule has 0 aromatic heterocycles. The summed E-state index contributed by atoms with van der Waals surface area (Å²) in [5.41, 5.74) is 0.801. The Kier molecular flexibility index (Phi) is 4.62. The molecule has 0 aliphatic carbocycles. The molecule has 0 amide bonds. The Balaban J connectivity index is 2.18. The molecule has 0 bridgehead atoms. The van der Waals surface area contributed by atoms with Crippen molar-refractivity contribution in [3.63, 3.8) is 0 Å². The maximum Gasteiger partial charge on any atom is 0.322 e. The summed E-state index contributed by atoms with van der Waals surface area (Å²) in [6, 6.07) is 7.79. The van der Waals surface area contributed by atoms with E-state index in [0.717, 1.165) is 14.2 Å². The molecule has 1 aliphatic heterocycles. The van der Waals surface area contributed by atoms with Gasteiger partial charge in [0.1, 0.15) is 6.04 Å². The zero-order valence-corrected chi connectivity index (χ0v) is 12.4. The van der Waals surface area contributed by atoms with Gasteiger partial charge in [-0.2, -0.15) is 17.0 Å². The number of hydrogen-bond acceptors (Lipinski definition) is 4. The minimum absolute atomic E-state index is 0.0895. The topological polar surface area (TPSA) is 98.2 Å². The average Bonchev–Trinajstić information content (AvgIpc) is 2.83. The first kappa shape index (κ1) is 15.9. The Morgan fingerprint density at radius 2 is 2.00 bits per heavy atom. The number of carbonyl (C=O) groups is 1. The molecule has 2 unspecified atom stereocenters. The minimum Gasteiger partial charge on any atom is -0.480 e. The molecule has 116 valence electrons. The van der Waals surface area contributed by atoms with Gasteiger partial charge >= 0.3 is 5.97 Å². The lowest BCUT2D eigenvalue weighted by atomic mass is 10.2. The van der Waals surface area contributed by atoms with Crippen molar-refractivity contribution in [1.29, 1.82) is 0 Å². The van der Waals surface area contributed by atoms with Crippen molar-refractivity contribution in [2.45, 2.75) is 25.1 Å². The van der Waals surface area contributed by atoms with Gasteiger partial charge in [-0.1, -0.05) is 30.3 Å². The van der Waals surface area contributed by atoms with Crippen LogP contribution in [0.1, 0.15) is 12.0 Å². The lowest BCUT2D eigenvalue weighted by molar-refractivity contribution is -0.140. The van der Waals surface area contributed by atoms with Gasteiger partial charge in [-0.25, -0.2) is 0 Å². The number of nitrogens with zero attached hydrogens (tertiary/aromatic N) is 2. The van der Waals surface area contributed by atoms with Gasteiger partial charge in [0, 0.05) is 26.6 Å². The van der Waals surface area contributed by atoms with Gasteiger partial charge < -0.3 is 10.2 Å². The number of aliphatic carboxylic acids is 1. The molecule has 7 nitrogen and oxygen atoms in total. The van der Waals surface area contributed by atoms with Crippen molar-refractivity contribution in [2.24, 2.45) is 0 Å². The minimum atomic E-state index is -3.94. The Morgan fingerprint density at radius 3 is 2.57 bits per heavy atom. The second-order valence-corrected chi connectivity index (χ2v) is 7.05. The van der Waals surface area contributed by atoms with Crippen LogP contribution in [0.4, 0.5) is 0 Å². The van der Waals surface area contributed by atoms with Crippen LogP contribution < -0.4 is 0 Å². The fourth-order valence-electron chi connectivity index (χ4n) is 2.36. The van der Waals surface area contributed by atoms with Crippen LogP contribution in [-0.2, 0) is 21.5 Å². The number of carboxylic acid groups (broad SMARTS) is 1. The third-order valence-corrected chi connectivity index (χ3v) is 5.37. The van der Waals surface area contributed by atoms with E-state index in [0.29, 0.717) is 0 Å². The molecule has 0 saturated carbocycles. The number of β-amino-alcohol motifs (C(OH)–C–C–N with tert-alkyl or cyclic N) is 1. The summed E-state index contributed by atoms with van der Waals surface area (Å²) in [5.74, 6) is -1.25. The highest BCUT2D eigenvalue weighted by Crippen LogP contribution is 2.24. The summed E-state index contributed by atoms with van der Waals surface area (Å²) in [7, 11) is -2.54. The molecule has 1 saturated heterocycles. The highest BCUT2D eigenvalue weighted by molar-refractivity contribution is 7.86. The monoisotopic (exact) mass is 314 g/mol. The third-order valence-electron chi connectivity index (χ3n) is 3.46. The lowest BCUT2D eigenvalue weighted by Gasteiger charge is -2.26. The van der Waals surface area contributed by atoms with Crippen LogP contribution in [0.25, 0.3) is 0 Å². The molecule has 1 aromatic rings. The van der Waals surface area contributed by atoms with Crippen molar-refractivity contribution < 1.29 is 23.4 Å². The first-order chi connectivity index (χ1) is 9.82. The van der Waals surface area contributed by atoms with E-state index in [2.05, 4.69) is 0 Å². The molecule has 2 atom stereocenters. The van der Waals surface area contributed by atoms with E-state index in [1.54, 1.807) is 24.3 Å². The molecule has 1 fully saturated rings. The summed E-state index contributed by atoms with van der Waals surface area (Å²) in [6.45, 7) is -0.0550. The van der Waals surface area contributed by atoms with Gasteiger partial charge in [0.2, 0.25) is 0 Å². The Hall–Kier alpha value is -1.48. The molecule has 1 aromatic carbocycles. The van der Waals surface area contributed by atoms with Crippen molar-refractivity contribution in [2.75, 3.05) is 13.6 Å². The van der Waals surface area contributed by atoms with Crippen molar-refractivity contribution in [3.8, 4) is 0 Å². The zero-order valence-electron chi connectivity index (χ0n) is 11.6. The number of carboxylic acids is 1. The summed E-state index contributed by atoms with van der Waals surface area (Å²) in [4.78, 5) is 11.1. The highest BCUT2D eigenvalue weighted by Gasteiger charge is 2.44. The normalized spacial score (nSPS) is 23.6. The smallest absolute Gasteiger partial charge is 0.322 e. The predicted molar refractivity (Wildman–Crippen MR) is 75.6 cm³/mol. The molecule has 8 heteroatoms. The zero-order chi connectivity index (χ0) is 15.6. The average molecular weight is 314 g/mol. The van der Waals surface area contributed by atoms with E-state index in [1.807, 2.05) is 6.07 Å². The molecule has 2 N–H and O–H groups in total. The van der Waals surface area contributed by atoms with Crippen LogP contribution in [0.15, 0.2) is 30.3 Å². The second-order valence-electron chi connectivity index (χ2n) is 5.06. The number of aliphatic hydroxyl groups is 1. The van der Waals surface area contributed by atoms with E-state index in [9.17, 15) is 18.3 Å². The first-order valence-electron chi connectivity index (χ1n) is 6.50. The standard InChI is InChI=1S/C13H18N2O5S/c1-14(8-10-5-3-2-4-6-10)21(19,20)15-9-11(16)7-12(15)13(17)18/h2-6,11-12,16H,7-9H2,1H3,(H,17,18). The van der Waals surface area contributed by atoms with Crippen LogP contribution in [0.5, 0.6) is 0 Å². The number of rotatable bonds is 5. The van der Waals surface area contributed by atoms with Gasteiger partial charge in [-0.3, -0.25) is 4.79 Å². The molecule has 1 aliphatic rings. The third kappa shape index (κ3) is 3.41. The quantitative estimate of drug-likeness (QED) is 0.790. The SMILES string of the molecule is CN(Cc1ccccc1)S(=O)(=O)N1CC(O)CC1C(=O)O. The number of benzene rings is 1. The van der Waals surface area contributed by atoms with Crippen LogP contribution in [0.3, 0.4) is 0 Å². The Bertz CT molecular complexity index is 604. The Morgan fingerprint density at radius 1 is 1.38 bits per heavy atom. The maximum atomic E-state index is 12.5. The van der Waals surface area contributed by atoms with E-state index >= 15 is 0 Å². The predicted octanol–water partition coefficient (Wildman–Crippen LogP) is -0.117. The van der Waals surface area contributed by atoms with Crippen LogP contribution in [-0.4, -0.2) is 58.9 Å². The summed E-state index contributed by atoms with van der Waals surface area (Å²) in [5, 5.41) is 18.7. The number of aliphatic hydroxyl groups excluding tert-OH is 1. The van der Waals surface area contributed by atoms with Gasteiger partial charge in [0.15, 0.2) is 0 Å². The first-order valence-corrected chi connectivity index (χ1v) is 7.90. The van der Waals surface area contributed by atoms with E-state index in [4.69, 9.17) is 5.11 Å². The van der Waals surface area contributed by atoms with E-state index < -0.39 is 28.3 Å². The van der Waals surface area contributed by atoms with Crippen LogP contribution >= 0.6 is 0 Å². The fraction of sp³-hybridized carbons (Fsp3) is 0.462. The van der Waals surface area contributed by atoms with Crippen LogP contribution in [0, 0.1) is 0 Å². The summed E-state index contributed by atoms with van der Waals surface area (Å²) < 4.78 is 26.9. The van der Waals surface area contributed by atoms with E-state index in [1.165, 1.54) is 7.05 Å². The van der Waals surface area contributed by atoms with Gasteiger partial charge in [0.05, 0.1) is 6.10 Å². The summed E-state index contributed by atoms with van der Waals surface area (Å²) in [6.07, 6.45) is -1.04. The van der Waals surface area contributed by atoms with Gasteiger partial charge in [0.25, 0.3) is 10.2 Å². The van der Waals surface area contributed by atoms with Gasteiger partial charge in [-0.05, 0) is 5.56 Å². The molecule has 21 heavy (non-hydrogen) atoms. The molecule has 2 rings (SSSR count). The lowest BCUT2D eigenvalue weighted by Crippen LogP contribution is -2.47. The van der Waals surface area contributed by atoms with Crippen LogP contribution in [0.2, 0.25) is 0 Å². The largest absolute Gasteiger partial charge is 0.480 e. The molecular weight excluding hydrogens is 296 g/mol. The second kappa shape index (κ2) is 6.10. The molecule has 0 radical (unpaired) electrons. The number of hydrogen-bond donors (Lipinski definition) is 2. The van der Waals surface area contributed by atoms with E-state index in [-0.39, 0.29) is 19.5 Å². The molecule has 0 spiro atoms. The Labute approximate surface area is 123 Å². The van der Waals surface area contributed by atoms with Gasteiger partial charge in [-0.15, -0.1) is 0 Å². The molecule has 1 heterocycles. The van der Waals surface area contributed by atoms with Crippen molar-refractivity contribution >= 4 is 16.2 Å². The van der Waals surface area contributed by atoms with Crippen molar-refractivity contribution in [3.05, 3.63) is 35.9 Å². The molecular formula is C13H18N2O5S. The highest BCUT2D eigenvalue weighted by atomic mass is 32.2.